The van der Waals surface area contributed by atoms with Crippen LogP contribution in [0.3, 0.4) is 0 Å². The number of rotatable bonds is 6. The number of nitrogens with one attached hydrogen (secondary N) is 1. The molecular weight excluding hydrogens is 276 g/mol. The Morgan fingerprint density at radius 2 is 2.09 bits per heavy atom. The van der Waals surface area contributed by atoms with Gasteiger partial charge in [0.1, 0.15) is 12.2 Å². The number of amides is 1. The summed E-state index contributed by atoms with van der Waals surface area (Å²) in [5, 5.41) is 7.10. The average Bonchev–Trinajstić information content (AvgIpc) is 2.92. The monoisotopic (exact) mass is 300 g/mol. The van der Waals surface area contributed by atoms with Crippen molar-refractivity contribution in [2.75, 3.05) is 0 Å². The van der Waals surface area contributed by atoms with Gasteiger partial charge in [0.15, 0.2) is 0 Å². The van der Waals surface area contributed by atoms with Crippen molar-refractivity contribution in [1.29, 1.82) is 0 Å². The van der Waals surface area contributed by atoms with Gasteiger partial charge in [-0.3, -0.25) is 9.48 Å². The molecule has 1 aromatic heterocycles. The molecule has 0 fully saturated rings. The Balaban J connectivity index is 1.92. The van der Waals surface area contributed by atoms with E-state index in [2.05, 4.69) is 47.4 Å². The van der Waals surface area contributed by atoms with Gasteiger partial charge in [0, 0.05) is 13.5 Å². The predicted octanol–water partition coefficient (Wildman–Crippen LogP) is 2.63. The number of hydrogen-bond donors (Lipinski definition) is 1. The largest absolute Gasteiger partial charge is 0.346 e. The molecule has 0 spiro atoms. The first-order valence-corrected chi connectivity index (χ1v) is 7.70. The molecule has 0 saturated heterocycles. The zero-order valence-corrected chi connectivity index (χ0v) is 13.8. The molecule has 5 heteroatoms. The van der Waals surface area contributed by atoms with Crippen molar-refractivity contribution in [1.82, 2.24) is 20.1 Å². The first-order valence-electron chi connectivity index (χ1n) is 7.70. The lowest BCUT2D eigenvalue weighted by molar-refractivity contribution is -0.121. The molecule has 0 aliphatic heterocycles. The van der Waals surface area contributed by atoms with E-state index in [0.717, 1.165) is 18.7 Å². The highest BCUT2D eigenvalue weighted by atomic mass is 16.1. The Kier molecular flexibility index (Phi) is 5.31. The molecule has 1 atom stereocenters. The Labute approximate surface area is 131 Å². The highest BCUT2D eigenvalue weighted by Crippen LogP contribution is 2.14. The minimum absolute atomic E-state index is 0.0491. The van der Waals surface area contributed by atoms with E-state index in [4.69, 9.17) is 0 Å². The van der Waals surface area contributed by atoms with Gasteiger partial charge >= 0.3 is 0 Å². The molecule has 118 valence electrons. The van der Waals surface area contributed by atoms with Crippen LogP contribution in [-0.2, 0) is 18.3 Å². The molecule has 2 aromatic rings. The Bertz CT molecular complexity index is 648. The van der Waals surface area contributed by atoms with Gasteiger partial charge in [-0.15, -0.1) is 0 Å². The van der Waals surface area contributed by atoms with E-state index in [1.165, 1.54) is 23.0 Å². The number of hydrogen-bond acceptors (Lipinski definition) is 3. The van der Waals surface area contributed by atoms with E-state index in [-0.39, 0.29) is 11.9 Å². The van der Waals surface area contributed by atoms with Gasteiger partial charge in [0.2, 0.25) is 5.91 Å². The second kappa shape index (κ2) is 7.20. The standard InChI is InChI=1S/C17H24N4O/c1-5-15(17-18-11-19-21(17)4)20-16(22)9-8-14-7-6-12(2)13(3)10-14/h6-7,10-11,15H,5,8-9H2,1-4H3,(H,20,22)/t15-/m1/s1. The van der Waals surface area contributed by atoms with Crippen LogP contribution >= 0.6 is 0 Å². The topological polar surface area (TPSA) is 59.8 Å². The van der Waals surface area contributed by atoms with Gasteiger partial charge in [-0.25, -0.2) is 4.98 Å². The Hall–Kier alpha value is -2.17. The number of aryl methyl sites for hydroxylation is 4. The van der Waals surface area contributed by atoms with Gasteiger partial charge < -0.3 is 5.32 Å². The highest BCUT2D eigenvalue weighted by molar-refractivity contribution is 5.76. The van der Waals surface area contributed by atoms with Crippen LogP contribution in [0, 0.1) is 13.8 Å². The maximum absolute atomic E-state index is 12.2. The van der Waals surface area contributed by atoms with Gasteiger partial charge in [0.05, 0.1) is 6.04 Å². The summed E-state index contributed by atoms with van der Waals surface area (Å²) in [6.45, 7) is 6.22. The summed E-state index contributed by atoms with van der Waals surface area (Å²) >= 11 is 0. The molecular formula is C17H24N4O. The highest BCUT2D eigenvalue weighted by Gasteiger charge is 2.17. The Morgan fingerprint density at radius 3 is 2.68 bits per heavy atom. The molecule has 22 heavy (non-hydrogen) atoms. The van der Waals surface area contributed by atoms with Crippen molar-refractivity contribution >= 4 is 5.91 Å². The molecule has 2 rings (SSSR count). The van der Waals surface area contributed by atoms with Gasteiger partial charge in [0.25, 0.3) is 0 Å². The third-order valence-corrected chi connectivity index (χ3v) is 4.01. The van der Waals surface area contributed by atoms with Gasteiger partial charge in [-0.05, 0) is 43.4 Å². The van der Waals surface area contributed by atoms with Crippen LogP contribution < -0.4 is 5.32 Å². The number of aromatic nitrogens is 3. The molecule has 1 aromatic carbocycles. The molecule has 0 aliphatic rings. The predicted molar refractivity (Wildman–Crippen MR) is 86.4 cm³/mol. The number of nitrogens with zero attached hydrogens (tertiary/aromatic N) is 3. The molecule has 0 unspecified atom stereocenters. The van der Waals surface area contributed by atoms with Crippen molar-refractivity contribution in [2.24, 2.45) is 7.05 Å². The van der Waals surface area contributed by atoms with E-state index in [1.54, 1.807) is 4.68 Å². The fourth-order valence-electron chi connectivity index (χ4n) is 2.45. The first-order chi connectivity index (χ1) is 10.5. The first kappa shape index (κ1) is 16.2. The van der Waals surface area contributed by atoms with E-state index >= 15 is 0 Å². The lowest BCUT2D eigenvalue weighted by Crippen LogP contribution is -2.30. The average molecular weight is 300 g/mol. The summed E-state index contributed by atoms with van der Waals surface area (Å²) in [5.41, 5.74) is 3.75. The van der Waals surface area contributed by atoms with E-state index in [0.29, 0.717) is 6.42 Å². The van der Waals surface area contributed by atoms with Crippen LogP contribution in [0.1, 0.15) is 48.3 Å². The molecule has 1 N–H and O–H groups in total. The molecule has 5 nitrogen and oxygen atoms in total. The molecule has 0 aliphatic carbocycles. The summed E-state index contributed by atoms with van der Waals surface area (Å²) in [5.74, 6) is 0.843. The van der Waals surface area contributed by atoms with Crippen LogP contribution in [0.5, 0.6) is 0 Å². The van der Waals surface area contributed by atoms with Crippen molar-refractivity contribution in [3.63, 3.8) is 0 Å². The number of carbonyl (C=O) groups is 1. The molecule has 1 heterocycles. The van der Waals surface area contributed by atoms with Crippen LogP contribution in [0.4, 0.5) is 0 Å². The lowest BCUT2D eigenvalue weighted by Gasteiger charge is -2.16. The third-order valence-electron chi connectivity index (χ3n) is 4.01. The van der Waals surface area contributed by atoms with E-state index in [9.17, 15) is 4.79 Å². The third kappa shape index (κ3) is 3.93. The van der Waals surface area contributed by atoms with Crippen molar-refractivity contribution in [2.45, 2.75) is 46.1 Å². The normalized spacial score (nSPS) is 12.2. The zero-order valence-electron chi connectivity index (χ0n) is 13.8. The maximum atomic E-state index is 12.2. The number of carbonyl (C=O) groups excluding carboxylic acids is 1. The van der Waals surface area contributed by atoms with Gasteiger partial charge in [-0.2, -0.15) is 5.10 Å². The lowest BCUT2D eigenvalue weighted by atomic mass is 10.0. The van der Waals surface area contributed by atoms with Crippen molar-refractivity contribution < 1.29 is 4.79 Å². The van der Waals surface area contributed by atoms with Crippen molar-refractivity contribution in [3.8, 4) is 0 Å². The van der Waals surface area contributed by atoms with Crippen molar-refractivity contribution in [3.05, 3.63) is 47.0 Å². The second-order valence-electron chi connectivity index (χ2n) is 5.69. The Morgan fingerprint density at radius 1 is 1.32 bits per heavy atom. The molecule has 0 bridgehead atoms. The minimum Gasteiger partial charge on any atom is -0.346 e. The molecule has 0 saturated carbocycles. The summed E-state index contributed by atoms with van der Waals surface area (Å²) in [4.78, 5) is 16.4. The second-order valence-corrected chi connectivity index (χ2v) is 5.69. The zero-order chi connectivity index (χ0) is 16.1. The van der Waals surface area contributed by atoms with Gasteiger partial charge in [-0.1, -0.05) is 25.1 Å². The SMILES string of the molecule is CC[C@@H](NC(=O)CCc1ccc(C)c(C)c1)c1ncnn1C. The summed E-state index contributed by atoms with van der Waals surface area (Å²) in [6, 6.07) is 6.27. The minimum atomic E-state index is -0.0836. The molecule has 0 radical (unpaired) electrons. The van der Waals surface area contributed by atoms with Crippen LogP contribution in [0.2, 0.25) is 0 Å². The fraction of sp³-hybridized carbons (Fsp3) is 0.471. The van der Waals surface area contributed by atoms with Crippen LogP contribution in [0.15, 0.2) is 24.5 Å². The maximum Gasteiger partial charge on any atom is 0.220 e. The summed E-state index contributed by atoms with van der Waals surface area (Å²) < 4.78 is 1.71. The number of benzene rings is 1. The summed E-state index contributed by atoms with van der Waals surface area (Å²) in [7, 11) is 1.84. The smallest absolute Gasteiger partial charge is 0.220 e. The summed E-state index contributed by atoms with van der Waals surface area (Å²) in [6.07, 6.45) is 3.54. The van der Waals surface area contributed by atoms with Crippen LogP contribution in [0.25, 0.3) is 0 Å². The fourth-order valence-corrected chi connectivity index (χ4v) is 2.45. The molecule has 1 amide bonds. The quantitative estimate of drug-likeness (QED) is 0.892. The van der Waals surface area contributed by atoms with E-state index < -0.39 is 0 Å². The van der Waals surface area contributed by atoms with E-state index in [1.807, 2.05) is 14.0 Å². The van der Waals surface area contributed by atoms with Crippen LogP contribution in [-0.4, -0.2) is 20.7 Å².